The van der Waals surface area contributed by atoms with Crippen LogP contribution in [-0.4, -0.2) is 72.8 Å². The van der Waals surface area contributed by atoms with Gasteiger partial charge in [0.1, 0.15) is 16.2 Å². The standard InChI is InChI=1S/C22H36F3N3O8S.Na/c1-12(2)9-16(28-21(32)36-11-13-3-5-15(6-4-13)22(23,24)25)19(30)27-17(20(31)37(33,34)35)10-14-7-8-26-18(14)29;/h12-17,20,31H,3-11H2,1-2H3,(H,26,29)(H,27,30)(H,28,32)(H,33,34,35);/q;+1/p-1/t13?,14-,15?,16-,17-,20?;/m0./s1. The van der Waals surface area contributed by atoms with Gasteiger partial charge in [-0.3, -0.25) is 9.59 Å². The molecule has 0 spiro atoms. The molecule has 1 heterocycles. The molecule has 1 saturated heterocycles. The van der Waals surface area contributed by atoms with Crippen LogP contribution in [0.1, 0.15) is 58.8 Å². The summed E-state index contributed by atoms with van der Waals surface area (Å²) in [7, 11) is -5.24. The molecule has 214 valence electrons. The molecule has 1 aliphatic heterocycles. The molecular weight excluding hydrogens is 546 g/mol. The molecule has 1 saturated carbocycles. The second-order valence-electron chi connectivity index (χ2n) is 10.2. The number of halogens is 3. The predicted molar refractivity (Wildman–Crippen MR) is 123 cm³/mol. The Morgan fingerprint density at radius 1 is 1.16 bits per heavy atom. The Morgan fingerprint density at radius 3 is 2.24 bits per heavy atom. The van der Waals surface area contributed by atoms with Crippen LogP contribution < -0.4 is 45.5 Å². The fraction of sp³-hybridized carbons (Fsp3) is 0.864. The molecule has 38 heavy (non-hydrogen) atoms. The van der Waals surface area contributed by atoms with Crippen LogP contribution in [0.2, 0.25) is 0 Å². The van der Waals surface area contributed by atoms with Crippen molar-refractivity contribution in [2.75, 3.05) is 13.2 Å². The summed E-state index contributed by atoms with van der Waals surface area (Å²) < 4.78 is 77.9. The number of hydrogen-bond acceptors (Lipinski definition) is 8. The summed E-state index contributed by atoms with van der Waals surface area (Å²) in [5.41, 5.74) is -2.51. The molecule has 11 nitrogen and oxygen atoms in total. The van der Waals surface area contributed by atoms with Crippen molar-refractivity contribution in [2.24, 2.45) is 23.7 Å². The number of carbonyl (C=O) groups excluding carboxylic acids is 3. The number of aliphatic hydroxyl groups excluding tert-OH is 1. The zero-order valence-electron chi connectivity index (χ0n) is 21.8. The van der Waals surface area contributed by atoms with E-state index in [1.165, 1.54) is 0 Å². The van der Waals surface area contributed by atoms with Crippen molar-refractivity contribution in [3.05, 3.63) is 0 Å². The molecule has 3 amide bonds. The van der Waals surface area contributed by atoms with Crippen LogP contribution in [0.4, 0.5) is 18.0 Å². The first-order valence-electron chi connectivity index (χ1n) is 12.3. The van der Waals surface area contributed by atoms with Crippen molar-refractivity contribution in [2.45, 2.75) is 82.5 Å². The summed E-state index contributed by atoms with van der Waals surface area (Å²) in [5.74, 6) is -3.76. The second kappa shape index (κ2) is 15.0. The third-order valence-corrected chi connectivity index (χ3v) is 7.66. The summed E-state index contributed by atoms with van der Waals surface area (Å²) in [5, 5.41) is 17.2. The molecule has 1 aliphatic carbocycles. The van der Waals surface area contributed by atoms with E-state index in [1.54, 1.807) is 13.8 Å². The van der Waals surface area contributed by atoms with E-state index in [4.69, 9.17) is 4.74 Å². The molecule has 0 aromatic rings. The van der Waals surface area contributed by atoms with E-state index in [2.05, 4.69) is 16.0 Å². The maximum atomic E-state index is 13.0. The zero-order valence-corrected chi connectivity index (χ0v) is 24.6. The van der Waals surface area contributed by atoms with E-state index in [-0.39, 0.29) is 86.5 Å². The summed E-state index contributed by atoms with van der Waals surface area (Å²) in [6.45, 7) is 3.71. The fourth-order valence-electron chi connectivity index (χ4n) is 4.64. The average Bonchev–Trinajstić information content (AvgIpc) is 3.19. The minimum atomic E-state index is -5.24. The van der Waals surface area contributed by atoms with Gasteiger partial charge in [0, 0.05) is 12.5 Å². The van der Waals surface area contributed by atoms with E-state index in [9.17, 15) is 45.6 Å². The summed E-state index contributed by atoms with van der Waals surface area (Å²) >= 11 is 0. The molecule has 0 bridgehead atoms. The van der Waals surface area contributed by atoms with Gasteiger partial charge in [-0.2, -0.15) is 13.2 Å². The van der Waals surface area contributed by atoms with Gasteiger partial charge >= 0.3 is 41.8 Å². The molecule has 4 atom stereocenters. The van der Waals surface area contributed by atoms with E-state index < -0.39 is 63.6 Å². The summed E-state index contributed by atoms with van der Waals surface area (Å²) in [6, 6.07) is -2.82. The third kappa shape index (κ3) is 11.2. The zero-order chi connectivity index (χ0) is 28.0. The topological polar surface area (TPSA) is 174 Å². The average molecular weight is 582 g/mol. The van der Waals surface area contributed by atoms with Crippen LogP contribution in [0.5, 0.6) is 0 Å². The Kier molecular flexibility index (Phi) is 13.8. The maximum absolute atomic E-state index is 13.0. The van der Waals surface area contributed by atoms with Crippen molar-refractivity contribution in [1.29, 1.82) is 0 Å². The van der Waals surface area contributed by atoms with E-state index in [0.29, 0.717) is 13.0 Å². The summed E-state index contributed by atoms with van der Waals surface area (Å²) in [4.78, 5) is 37.2. The molecule has 2 fully saturated rings. The quantitative estimate of drug-likeness (QED) is 0.166. The van der Waals surface area contributed by atoms with Gasteiger partial charge in [-0.25, -0.2) is 13.2 Å². The predicted octanol–water partition coefficient (Wildman–Crippen LogP) is -1.63. The number of nitrogens with one attached hydrogen (secondary N) is 3. The molecule has 4 N–H and O–H groups in total. The third-order valence-electron chi connectivity index (χ3n) is 6.74. The number of alkyl carbamates (subject to hydrolysis) is 1. The van der Waals surface area contributed by atoms with Crippen LogP contribution in [0, 0.1) is 23.7 Å². The SMILES string of the molecule is CC(C)C[C@H](NC(=O)OCC1CCC(C(F)(F)F)CC1)C(=O)N[C@@H](C[C@@H]1CCNC1=O)C(O)S(=O)(=O)[O-].[Na+]. The molecular formula is C22H35F3N3NaO8S. The van der Waals surface area contributed by atoms with Gasteiger partial charge in [0.05, 0.1) is 18.6 Å². The molecule has 16 heteroatoms. The first-order valence-corrected chi connectivity index (χ1v) is 13.8. The van der Waals surface area contributed by atoms with Crippen molar-refractivity contribution in [1.82, 2.24) is 16.0 Å². The Labute approximate surface area is 242 Å². The van der Waals surface area contributed by atoms with Crippen LogP contribution in [-0.2, 0) is 24.4 Å². The van der Waals surface area contributed by atoms with Crippen LogP contribution >= 0.6 is 0 Å². The largest absolute Gasteiger partial charge is 1.00 e. The number of alkyl halides is 3. The minimum Gasteiger partial charge on any atom is -0.746 e. The number of hydrogen-bond donors (Lipinski definition) is 4. The van der Waals surface area contributed by atoms with Crippen molar-refractivity contribution >= 4 is 28.0 Å². The minimum absolute atomic E-state index is 0. The number of amides is 3. The van der Waals surface area contributed by atoms with Gasteiger partial charge in [0.2, 0.25) is 11.8 Å². The second-order valence-corrected chi connectivity index (χ2v) is 11.7. The van der Waals surface area contributed by atoms with Gasteiger partial charge in [0.15, 0.2) is 5.44 Å². The number of aliphatic hydroxyl groups is 1. The van der Waals surface area contributed by atoms with Gasteiger partial charge in [0.25, 0.3) is 0 Å². The van der Waals surface area contributed by atoms with E-state index >= 15 is 0 Å². The normalized spacial score (nSPS) is 24.5. The molecule has 1 unspecified atom stereocenters. The Morgan fingerprint density at radius 2 is 1.76 bits per heavy atom. The summed E-state index contributed by atoms with van der Waals surface area (Å²) in [6.07, 6.45) is -4.75. The first-order chi connectivity index (χ1) is 17.1. The first kappa shape index (κ1) is 34.9. The number of carbonyl (C=O) groups is 3. The van der Waals surface area contributed by atoms with Crippen LogP contribution in [0.3, 0.4) is 0 Å². The fourth-order valence-corrected chi connectivity index (χ4v) is 5.23. The van der Waals surface area contributed by atoms with E-state index in [0.717, 1.165) is 0 Å². The molecule has 0 radical (unpaired) electrons. The molecule has 0 aromatic carbocycles. The van der Waals surface area contributed by atoms with Gasteiger partial charge in [-0.05, 0) is 56.8 Å². The van der Waals surface area contributed by atoms with E-state index in [1.807, 2.05) is 0 Å². The van der Waals surface area contributed by atoms with Crippen molar-refractivity contribution in [3.8, 4) is 0 Å². The number of ether oxygens (including phenoxy) is 1. The Balaban J connectivity index is 0.00000722. The van der Waals surface area contributed by atoms with Crippen LogP contribution in [0.15, 0.2) is 0 Å². The molecule has 0 aromatic heterocycles. The van der Waals surface area contributed by atoms with Gasteiger partial charge in [-0.15, -0.1) is 0 Å². The Hall–Kier alpha value is -1.13. The monoisotopic (exact) mass is 581 g/mol. The molecule has 2 aliphatic rings. The van der Waals surface area contributed by atoms with Crippen molar-refractivity contribution < 1.29 is 79.9 Å². The maximum Gasteiger partial charge on any atom is 1.00 e. The smallest absolute Gasteiger partial charge is 0.746 e. The van der Waals surface area contributed by atoms with Gasteiger partial charge < -0.3 is 30.3 Å². The Bertz CT molecular complexity index is 914. The van der Waals surface area contributed by atoms with Crippen LogP contribution in [0.25, 0.3) is 0 Å². The van der Waals surface area contributed by atoms with Gasteiger partial charge in [-0.1, -0.05) is 13.8 Å². The molecule has 2 rings (SSSR count). The van der Waals surface area contributed by atoms with Crippen molar-refractivity contribution in [3.63, 3.8) is 0 Å². The number of rotatable bonds is 11.